The van der Waals surface area contributed by atoms with Crippen LogP contribution in [-0.2, 0) is 6.73 Å². The molecule has 104 valence electrons. The van der Waals surface area contributed by atoms with Crippen LogP contribution in [-0.4, -0.2) is 21.6 Å². The van der Waals surface area contributed by atoms with E-state index in [1.165, 1.54) is 0 Å². The van der Waals surface area contributed by atoms with Crippen LogP contribution in [0.25, 0.3) is 22.6 Å². The summed E-state index contributed by atoms with van der Waals surface area (Å²) >= 11 is 0. The Balaban J connectivity index is 1.92. The van der Waals surface area contributed by atoms with Crippen LogP contribution in [0.4, 0.5) is 0 Å². The van der Waals surface area contributed by atoms with E-state index < -0.39 is 0 Å². The molecule has 0 atom stereocenters. The Morgan fingerprint density at radius 1 is 1.14 bits per heavy atom. The fourth-order valence-electron chi connectivity index (χ4n) is 2.58. The summed E-state index contributed by atoms with van der Waals surface area (Å²) in [7, 11) is 1.63. The number of pyridine rings is 1. The first kappa shape index (κ1) is 12.0. The molecule has 0 saturated heterocycles. The van der Waals surface area contributed by atoms with E-state index >= 15 is 0 Å². The lowest BCUT2D eigenvalue weighted by molar-refractivity contribution is 0.220. The van der Waals surface area contributed by atoms with Gasteiger partial charge < -0.3 is 9.47 Å². The fourth-order valence-corrected chi connectivity index (χ4v) is 2.58. The van der Waals surface area contributed by atoms with Crippen LogP contribution >= 0.6 is 0 Å². The van der Waals surface area contributed by atoms with Crippen LogP contribution in [0.15, 0.2) is 48.8 Å². The Morgan fingerprint density at radius 2 is 2.00 bits per heavy atom. The second-order valence-corrected chi connectivity index (χ2v) is 4.73. The number of benzene rings is 1. The monoisotopic (exact) mass is 279 g/mol. The van der Waals surface area contributed by atoms with E-state index in [4.69, 9.17) is 9.47 Å². The number of aromatic nitrogens is 3. The molecule has 0 radical (unpaired) electrons. The summed E-state index contributed by atoms with van der Waals surface area (Å²) in [6.45, 7) is 0.396. The van der Waals surface area contributed by atoms with Crippen molar-refractivity contribution in [1.82, 2.24) is 14.5 Å². The van der Waals surface area contributed by atoms with E-state index in [2.05, 4.69) is 22.1 Å². The quantitative estimate of drug-likeness (QED) is 0.723. The first-order chi connectivity index (χ1) is 10.4. The summed E-state index contributed by atoms with van der Waals surface area (Å²) < 4.78 is 13.2. The number of hydrogen-bond donors (Lipinski definition) is 0. The topological polar surface area (TPSA) is 49.2 Å². The standard InChI is InChI=1S/C16H13N3O2/c1-20-13-7-8-17-16-14(13)15-18-9-12(19(15)10-21-16)11-5-3-2-4-6-11/h2-9H,10H2,1H3. The number of imidazole rings is 1. The number of methoxy groups -OCH3 is 1. The van der Waals surface area contributed by atoms with Crippen molar-refractivity contribution in [2.75, 3.05) is 7.11 Å². The molecular weight excluding hydrogens is 266 g/mol. The van der Waals surface area contributed by atoms with Gasteiger partial charge in [-0.1, -0.05) is 30.3 Å². The smallest absolute Gasteiger partial charge is 0.230 e. The van der Waals surface area contributed by atoms with E-state index in [1.54, 1.807) is 13.3 Å². The minimum Gasteiger partial charge on any atom is -0.496 e. The highest BCUT2D eigenvalue weighted by Gasteiger charge is 2.26. The Kier molecular flexibility index (Phi) is 2.64. The first-order valence-electron chi connectivity index (χ1n) is 6.65. The number of ether oxygens (including phenoxy) is 2. The highest BCUT2D eigenvalue weighted by atomic mass is 16.5. The molecule has 0 unspecified atom stereocenters. The summed E-state index contributed by atoms with van der Waals surface area (Å²) in [5, 5.41) is 0. The second kappa shape index (κ2) is 4.63. The largest absolute Gasteiger partial charge is 0.496 e. The summed E-state index contributed by atoms with van der Waals surface area (Å²) in [5.74, 6) is 2.10. The van der Waals surface area contributed by atoms with Crippen molar-refractivity contribution in [3.8, 4) is 34.3 Å². The minimum atomic E-state index is 0.396. The Morgan fingerprint density at radius 3 is 2.81 bits per heavy atom. The summed E-state index contributed by atoms with van der Waals surface area (Å²) in [4.78, 5) is 8.80. The van der Waals surface area contributed by atoms with Crippen LogP contribution < -0.4 is 9.47 Å². The molecule has 1 aromatic carbocycles. The zero-order valence-electron chi connectivity index (χ0n) is 11.5. The molecule has 4 rings (SSSR count). The normalized spacial score (nSPS) is 12.2. The summed E-state index contributed by atoms with van der Waals surface area (Å²) in [5.41, 5.74) is 2.92. The van der Waals surface area contributed by atoms with Crippen LogP contribution in [0.2, 0.25) is 0 Å². The molecule has 0 aliphatic carbocycles. The van der Waals surface area contributed by atoms with Gasteiger partial charge in [0, 0.05) is 6.20 Å². The number of fused-ring (bicyclic) bond motifs is 3. The van der Waals surface area contributed by atoms with Gasteiger partial charge in [-0.25, -0.2) is 9.97 Å². The minimum absolute atomic E-state index is 0.396. The van der Waals surface area contributed by atoms with E-state index in [-0.39, 0.29) is 0 Å². The van der Waals surface area contributed by atoms with Crippen molar-refractivity contribution in [3.05, 3.63) is 48.8 Å². The van der Waals surface area contributed by atoms with Crippen molar-refractivity contribution in [2.45, 2.75) is 6.73 Å². The molecule has 0 fully saturated rings. The first-order valence-corrected chi connectivity index (χ1v) is 6.65. The highest BCUT2D eigenvalue weighted by molar-refractivity contribution is 5.74. The molecule has 1 aliphatic rings. The third-order valence-electron chi connectivity index (χ3n) is 3.58. The average Bonchev–Trinajstić information content (AvgIpc) is 2.99. The lowest BCUT2D eigenvalue weighted by Crippen LogP contribution is -2.15. The molecule has 5 nitrogen and oxygen atoms in total. The highest BCUT2D eigenvalue weighted by Crippen LogP contribution is 2.40. The predicted molar refractivity (Wildman–Crippen MR) is 78.1 cm³/mol. The van der Waals surface area contributed by atoms with Gasteiger partial charge in [0.2, 0.25) is 5.88 Å². The van der Waals surface area contributed by atoms with Gasteiger partial charge in [0.1, 0.15) is 11.3 Å². The fraction of sp³-hybridized carbons (Fsp3) is 0.125. The number of hydrogen-bond acceptors (Lipinski definition) is 4. The molecule has 5 heteroatoms. The summed E-state index contributed by atoms with van der Waals surface area (Å²) in [6.07, 6.45) is 3.53. The predicted octanol–water partition coefficient (Wildman–Crippen LogP) is 2.97. The third-order valence-corrected chi connectivity index (χ3v) is 3.58. The van der Waals surface area contributed by atoms with Gasteiger partial charge in [-0.2, -0.15) is 0 Å². The molecular formula is C16H13N3O2. The maximum atomic E-state index is 5.74. The number of rotatable bonds is 2. The molecule has 0 saturated carbocycles. The maximum absolute atomic E-state index is 5.74. The van der Waals surface area contributed by atoms with Crippen molar-refractivity contribution in [3.63, 3.8) is 0 Å². The third kappa shape index (κ3) is 1.78. The Bertz CT molecular complexity index is 782. The van der Waals surface area contributed by atoms with E-state index in [0.717, 1.165) is 22.6 Å². The van der Waals surface area contributed by atoms with E-state index in [9.17, 15) is 0 Å². The van der Waals surface area contributed by atoms with Gasteiger partial charge >= 0.3 is 0 Å². The average molecular weight is 279 g/mol. The zero-order chi connectivity index (χ0) is 14.2. The van der Waals surface area contributed by atoms with E-state index in [0.29, 0.717) is 18.4 Å². The molecule has 1 aliphatic heterocycles. The number of nitrogens with zero attached hydrogens (tertiary/aromatic N) is 3. The van der Waals surface area contributed by atoms with Gasteiger partial charge in [0.25, 0.3) is 0 Å². The van der Waals surface area contributed by atoms with Crippen molar-refractivity contribution >= 4 is 0 Å². The van der Waals surface area contributed by atoms with Gasteiger partial charge in [0.05, 0.1) is 19.0 Å². The van der Waals surface area contributed by atoms with Crippen molar-refractivity contribution in [2.24, 2.45) is 0 Å². The maximum Gasteiger partial charge on any atom is 0.230 e. The Hall–Kier alpha value is -2.82. The van der Waals surface area contributed by atoms with Gasteiger partial charge in [-0.05, 0) is 11.6 Å². The van der Waals surface area contributed by atoms with Crippen LogP contribution in [0.1, 0.15) is 0 Å². The van der Waals surface area contributed by atoms with Gasteiger partial charge in [-0.3, -0.25) is 4.57 Å². The van der Waals surface area contributed by atoms with Crippen LogP contribution in [0, 0.1) is 0 Å². The molecule has 0 amide bonds. The zero-order valence-corrected chi connectivity index (χ0v) is 11.5. The second-order valence-electron chi connectivity index (χ2n) is 4.73. The van der Waals surface area contributed by atoms with E-state index in [1.807, 2.05) is 35.0 Å². The lowest BCUT2D eigenvalue weighted by atomic mass is 10.1. The molecule has 0 spiro atoms. The SMILES string of the molecule is COc1ccnc2c1-c1ncc(-c3ccccc3)n1CO2. The molecule has 3 heterocycles. The van der Waals surface area contributed by atoms with Gasteiger partial charge in [-0.15, -0.1) is 0 Å². The van der Waals surface area contributed by atoms with Gasteiger partial charge in [0.15, 0.2) is 12.6 Å². The molecule has 0 N–H and O–H groups in total. The molecule has 0 bridgehead atoms. The van der Waals surface area contributed by atoms with Crippen molar-refractivity contribution in [1.29, 1.82) is 0 Å². The van der Waals surface area contributed by atoms with Crippen molar-refractivity contribution < 1.29 is 9.47 Å². The lowest BCUT2D eigenvalue weighted by Gasteiger charge is -2.21. The summed E-state index contributed by atoms with van der Waals surface area (Å²) in [6, 6.07) is 11.9. The van der Waals surface area contributed by atoms with Crippen LogP contribution in [0.5, 0.6) is 11.6 Å². The Labute approximate surface area is 121 Å². The molecule has 3 aromatic rings. The van der Waals surface area contributed by atoms with Crippen LogP contribution in [0.3, 0.4) is 0 Å². The molecule has 21 heavy (non-hydrogen) atoms. The molecule has 2 aromatic heterocycles.